The van der Waals surface area contributed by atoms with E-state index in [1.807, 2.05) is 13.8 Å². The van der Waals surface area contributed by atoms with Gasteiger partial charge in [0.25, 0.3) is 0 Å². The summed E-state index contributed by atoms with van der Waals surface area (Å²) in [5, 5.41) is 54.6. The van der Waals surface area contributed by atoms with Gasteiger partial charge in [-0.25, -0.2) is 14.4 Å². The third-order valence-electron chi connectivity index (χ3n) is 18.5. The second-order valence-corrected chi connectivity index (χ2v) is 27.3. The molecule has 11 unspecified atom stereocenters. The SMILES string of the molecule is CCC(CCCOC(=O)NCCCCCCNC(=O)CCCOC1OC(CO)CCC1NC(C)=O)(CCCOC(=O)NCCCCCCNC(=O)CCCOC1OC(CO)CC(C)C1NC(C)=O)CCCOC(=O)NCCCCCCNC(=O)CCCOC1OC(CO)CC(C)C1NC(C)=O. The first kappa shape index (κ1) is 89.5. The molecule has 0 saturated carbocycles. The maximum atomic E-state index is 12.7. The van der Waals surface area contributed by atoms with Gasteiger partial charge in [0, 0.05) is 79.3 Å². The molecular weight excluding hydrogens is 1310 g/mol. The molecule has 9 amide bonds. The summed E-state index contributed by atoms with van der Waals surface area (Å²) in [6.45, 7) is 14.3. The quantitative estimate of drug-likeness (QED) is 0.0252. The summed E-state index contributed by atoms with van der Waals surface area (Å²) in [5.41, 5.74) is -0.202. The highest BCUT2D eigenvalue weighted by atomic mass is 16.7. The van der Waals surface area contributed by atoms with E-state index in [0.717, 1.165) is 103 Å². The Labute approximate surface area is 599 Å². The van der Waals surface area contributed by atoms with Gasteiger partial charge < -0.3 is 106 Å². The Morgan fingerprint density at radius 1 is 0.386 bits per heavy atom. The number of amides is 9. The number of hydrogen-bond acceptors (Lipinski definition) is 21. The number of unbranched alkanes of at least 4 members (excludes halogenated alkanes) is 9. The minimum absolute atomic E-state index is 0.0515. The van der Waals surface area contributed by atoms with Crippen LogP contribution in [0.4, 0.5) is 14.4 Å². The van der Waals surface area contributed by atoms with Crippen molar-refractivity contribution in [3.05, 3.63) is 0 Å². The molecule has 584 valence electrons. The molecule has 0 bridgehead atoms. The highest BCUT2D eigenvalue weighted by Gasteiger charge is 2.39. The number of nitrogens with one attached hydrogen (secondary N) is 9. The van der Waals surface area contributed by atoms with Crippen molar-refractivity contribution in [3.8, 4) is 0 Å². The fourth-order valence-electron chi connectivity index (χ4n) is 12.8. The van der Waals surface area contributed by atoms with Crippen molar-refractivity contribution in [1.29, 1.82) is 0 Å². The molecule has 101 heavy (non-hydrogen) atoms. The number of hydrogen-bond donors (Lipinski definition) is 12. The highest BCUT2D eigenvalue weighted by molar-refractivity contribution is 5.77. The molecule has 12 N–H and O–H groups in total. The van der Waals surface area contributed by atoms with Gasteiger partial charge in [-0.1, -0.05) is 65.7 Å². The molecule has 0 spiro atoms. The highest BCUT2D eigenvalue weighted by Crippen LogP contribution is 2.39. The normalized spacial score (nSPS) is 22.5. The van der Waals surface area contributed by atoms with E-state index in [0.29, 0.717) is 103 Å². The zero-order valence-electron chi connectivity index (χ0n) is 61.7. The smallest absolute Gasteiger partial charge is 0.407 e. The Morgan fingerprint density at radius 2 is 0.703 bits per heavy atom. The molecule has 3 heterocycles. The van der Waals surface area contributed by atoms with Gasteiger partial charge >= 0.3 is 18.3 Å². The number of carbonyl (C=O) groups excluding carboxylic acids is 9. The van der Waals surface area contributed by atoms with Crippen LogP contribution in [0.2, 0.25) is 0 Å². The standard InChI is InChI=1S/C71H129N9O21/c1-7-71(31-23-43-96-68(90)75-37-17-11-8-14-34-72-60(87)26-20-40-93-65-59(78-53(4)84)30-29-56(48-81)99-65,32-24-44-97-69(91)76-38-18-12-9-15-35-73-61(88)27-21-41-94-66-63(79-54(5)85)51(2)46-57(49-82)100-66)33-25-45-98-70(92)77-39-19-13-10-16-36-74-62(89)28-22-42-95-67-64(80-55(6)86)52(3)47-58(50-83)101-67/h51-52,56-59,63-67,81-83H,7-50H2,1-6H3,(H,72,87)(H,73,88)(H,74,89)(H,75,90)(H,76,91)(H,77,92)(H,78,84)(H,79,85)(H,80,86). The molecule has 3 saturated heterocycles. The van der Waals surface area contributed by atoms with Crippen LogP contribution in [0.25, 0.3) is 0 Å². The average molecular weight is 1440 g/mol. The lowest BCUT2D eigenvalue weighted by Crippen LogP contribution is -2.55. The molecule has 0 aromatic rings. The first-order chi connectivity index (χ1) is 48.7. The molecule has 3 rings (SSSR count). The lowest BCUT2D eigenvalue weighted by Gasteiger charge is -2.40. The van der Waals surface area contributed by atoms with E-state index in [1.165, 1.54) is 20.8 Å². The summed E-state index contributed by atoms with van der Waals surface area (Å²) in [6.07, 6.45) is 14.6. The Hall–Kier alpha value is -5.73. The maximum absolute atomic E-state index is 12.7. The van der Waals surface area contributed by atoms with Gasteiger partial charge in [-0.15, -0.1) is 0 Å². The number of aliphatic hydroxyl groups is 3. The molecule has 3 aliphatic heterocycles. The molecule has 30 heteroatoms. The van der Waals surface area contributed by atoms with E-state index >= 15 is 0 Å². The topological polar surface area (TPSA) is 406 Å². The number of alkyl carbamates (subject to hydrolysis) is 3. The number of carbonyl (C=O) groups is 9. The van der Waals surface area contributed by atoms with Crippen LogP contribution in [0.5, 0.6) is 0 Å². The minimum atomic E-state index is -0.704. The third-order valence-corrected chi connectivity index (χ3v) is 18.5. The summed E-state index contributed by atoms with van der Waals surface area (Å²) in [4.78, 5) is 110. The molecule has 3 aliphatic rings. The zero-order chi connectivity index (χ0) is 73.9. The van der Waals surface area contributed by atoms with Gasteiger partial charge in [0.2, 0.25) is 35.4 Å². The van der Waals surface area contributed by atoms with Crippen LogP contribution in [0.15, 0.2) is 0 Å². The Balaban J connectivity index is 1.30. The Bertz CT molecular complexity index is 2230. The molecular formula is C71H129N9O21. The van der Waals surface area contributed by atoms with Crippen molar-refractivity contribution in [2.24, 2.45) is 17.3 Å². The lowest BCUT2D eigenvalue weighted by atomic mass is 9.73. The van der Waals surface area contributed by atoms with E-state index in [4.69, 9.17) is 42.6 Å². The second-order valence-electron chi connectivity index (χ2n) is 27.3. The van der Waals surface area contributed by atoms with Gasteiger partial charge in [-0.2, -0.15) is 0 Å². The van der Waals surface area contributed by atoms with Gasteiger partial charge in [-0.05, 0) is 139 Å². The molecule has 3 fully saturated rings. The summed E-state index contributed by atoms with van der Waals surface area (Å²) in [7, 11) is 0. The van der Waals surface area contributed by atoms with Crippen molar-refractivity contribution in [3.63, 3.8) is 0 Å². The largest absolute Gasteiger partial charge is 0.450 e. The summed E-state index contributed by atoms with van der Waals surface area (Å²) >= 11 is 0. The average Bonchev–Trinajstić information content (AvgIpc) is 0.844. The summed E-state index contributed by atoms with van der Waals surface area (Å²) in [5.74, 6) is -0.719. The van der Waals surface area contributed by atoms with Gasteiger partial charge in [-0.3, -0.25) is 28.8 Å². The monoisotopic (exact) mass is 1440 g/mol. The van der Waals surface area contributed by atoms with Crippen LogP contribution in [0.3, 0.4) is 0 Å². The Morgan fingerprint density at radius 3 is 1.02 bits per heavy atom. The van der Waals surface area contributed by atoms with E-state index in [9.17, 15) is 58.5 Å². The van der Waals surface area contributed by atoms with E-state index < -0.39 is 37.1 Å². The van der Waals surface area contributed by atoms with Crippen LogP contribution in [0.1, 0.15) is 228 Å². The van der Waals surface area contributed by atoms with Crippen LogP contribution >= 0.6 is 0 Å². The first-order valence-corrected chi connectivity index (χ1v) is 37.7. The number of aliphatic hydroxyl groups excluding tert-OH is 3. The summed E-state index contributed by atoms with van der Waals surface area (Å²) in [6, 6.07) is -0.998. The van der Waals surface area contributed by atoms with Gasteiger partial charge in [0.05, 0.1) is 95.9 Å². The van der Waals surface area contributed by atoms with E-state index in [-0.39, 0.29) is 168 Å². The fourth-order valence-corrected chi connectivity index (χ4v) is 12.8. The molecule has 11 atom stereocenters. The number of ether oxygens (including phenoxy) is 9. The molecule has 0 aromatic heterocycles. The van der Waals surface area contributed by atoms with Crippen LogP contribution in [-0.2, 0) is 71.4 Å². The van der Waals surface area contributed by atoms with Crippen LogP contribution in [-0.4, -0.2) is 223 Å². The van der Waals surface area contributed by atoms with Crippen molar-refractivity contribution in [1.82, 2.24) is 47.9 Å². The van der Waals surface area contributed by atoms with E-state index in [1.54, 1.807) is 0 Å². The molecule has 30 nitrogen and oxygen atoms in total. The third kappa shape index (κ3) is 42.0. The first-order valence-electron chi connectivity index (χ1n) is 37.7. The minimum Gasteiger partial charge on any atom is -0.450 e. The van der Waals surface area contributed by atoms with Crippen molar-refractivity contribution in [2.75, 3.05) is 98.7 Å². The maximum Gasteiger partial charge on any atom is 0.407 e. The van der Waals surface area contributed by atoms with Crippen LogP contribution in [0, 0.1) is 17.3 Å². The van der Waals surface area contributed by atoms with Crippen molar-refractivity contribution < 1.29 is 101 Å². The Kier molecular flexibility index (Phi) is 48.6. The van der Waals surface area contributed by atoms with Crippen molar-refractivity contribution in [2.45, 2.75) is 283 Å². The van der Waals surface area contributed by atoms with Crippen LogP contribution < -0.4 is 47.9 Å². The number of rotatable bonds is 55. The molecule has 0 aliphatic carbocycles. The predicted molar refractivity (Wildman–Crippen MR) is 375 cm³/mol. The molecule has 0 radical (unpaired) electrons. The zero-order valence-corrected chi connectivity index (χ0v) is 61.7. The molecule has 0 aromatic carbocycles. The summed E-state index contributed by atoms with van der Waals surface area (Å²) < 4.78 is 51.8. The second kappa shape index (κ2) is 54.9. The predicted octanol–water partition coefficient (Wildman–Crippen LogP) is 5.82. The van der Waals surface area contributed by atoms with Gasteiger partial charge in [0.15, 0.2) is 18.9 Å². The van der Waals surface area contributed by atoms with Crippen molar-refractivity contribution >= 4 is 53.7 Å². The van der Waals surface area contributed by atoms with E-state index in [2.05, 4.69) is 54.8 Å². The van der Waals surface area contributed by atoms with Gasteiger partial charge in [0.1, 0.15) is 0 Å². The lowest BCUT2D eigenvalue weighted by molar-refractivity contribution is -0.226. The fraction of sp³-hybridized carbons (Fsp3) is 0.873.